The van der Waals surface area contributed by atoms with Crippen LogP contribution in [0.3, 0.4) is 0 Å². The summed E-state index contributed by atoms with van der Waals surface area (Å²) in [6, 6.07) is 6.09. The Hall–Kier alpha value is -2.68. The molecule has 9 heteroatoms. The molecule has 0 aliphatic carbocycles. The number of benzene rings is 1. The van der Waals surface area contributed by atoms with Crippen molar-refractivity contribution in [3.8, 4) is 0 Å². The zero-order valence-electron chi connectivity index (χ0n) is 12.8. The van der Waals surface area contributed by atoms with Crippen molar-refractivity contribution in [3.63, 3.8) is 0 Å². The van der Waals surface area contributed by atoms with Crippen LogP contribution in [0, 0.1) is 14.9 Å². The van der Waals surface area contributed by atoms with E-state index >= 15 is 0 Å². The first-order valence-corrected chi connectivity index (χ1v) is 7.12. The molecule has 0 radical (unpaired) electrons. The van der Waals surface area contributed by atoms with E-state index in [1.54, 1.807) is 12.1 Å². The van der Waals surface area contributed by atoms with Gasteiger partial charge in [0, 0.05) is 11.5 Å². The number of aromatic amines is 1. The maximum Gasteiger partial charge on any atom is 0.297 e. The average molecular weight is 333 g/mol. The molecule has 1 N–H and O–H groups in total. The van der Waals surface area contributed by atoms with Gasteiger partial charge in [-0.3, -0.25) is 20.0 Å². The minimum atomic E-state index is -0.516. The monoisotopic (exact) mass is 333 g/mol. The standard InChI is InChI=1S/C14H15N5O3S/c1-14(2,3)11-12(20)18(13(23)17-16-11)15-8-9-6-4-5-7-10(9)19(21)22/h4-8H,1-3H3,(H,17,23). The van der Waals surface area contributed by atoms with Gasteiger partial charge in [-0.15, -0.1) is 0 Å². The number of H-pyrrole nitrogens is 1. The third-order valence-electron chi connectivity index (χ3n) is 3.01. The highest BCUT2D eigenvalue weighted by Crippen LogP contribution is 2.16. The van der Waals surface area contributed by atoms with Crippen LogP contribution in [-0.2, 0) is 5.41 Å². The first kappa shape index (κ1) is 16.7. The summed E-state index contributed by atoms with van der Waals surface area (Å²) in [6.45, 7) is 5.51. The molecule has 1 aromatic carbocycles. The molecule has 0 aliphatic rings. The van der Waals surface area contributed by atoms with E-state index in [1.807, 2.05) is 20.8 Å². The third kappa shape index (κ3) is 3.57. The van der Waals surface area contributed by atoms with Gasteiger partial charge in [-0.25, -0.2) is 0 Å². The Labute approximate surface area is 136 Å². The number of rotatable bonds is 3. The van der Waals surface area contributed by atoms with Crippen LogP contribution in [-0.4, -0.2) is 26.0 Å². The number of hydrogen-bond donors (Lipinski definition) is 1. The Bertz CT molecular complexity index is 892. The van der Waals surface area contributed by atoms with Gasteiger partial charge < -0.3 is 0 Å². The molecule has 0 spiro atoms. The van der Waals surface area contributed by atoms with E-state index < -0.39 is 15.9 Å². The van der Waals surface area contributed by atoms with Crippen LogP contribution in [0.15, 0.2) is 34.2 Å². The van der Waals surface area contributed by atoms with Gasteiger partial charge in [0.15, 0.2) is 0 Å². The Morgan fingerprint density at radius 2 is 2.04 bits per heavy atom. The summed E-state index contributed by atoms with van der Waals surface area (Å²) in [5, 5.41) is 21.5. The van der Waals surface area contributed by atoms with E-state index in [2.05, 4.69) is 15.3 Å². The molecule has 0 aliphatic heterocycles. The van der Waals surface area contributed by atoms with Gasteiger partial charge in [-0.1, -0.05) is 32.9 Å². The summed E-state index contributed by atoms with van der Waals surface area (Å²) in [5.41, 5.74) is -0.522. The van der Waals surface area contributed by atoms with Gasteiger partial charge >= 0.3 is 0 Å². The zero-order chi connectivity index (χ0) is 17.2. The lowest BCUT2D eigenvalue weighted by Gasteiger charge is -2.16. The first-order chi connectivity index (χ1) is 10.7. The van der Waals surface area contributed by atoms with Crippen molar-refractivity contribution in [2.75, 3.05) is 0 Å². The predicted molar refractivity (Wildman–Crippen MR) is 88.5 cm³/mol. The normalized spacial score (nSPS) is 11.8. The van der Waals surface area contributed by atoms with E-state index in [0.717, 1.165) is 4.68 Å². The lowest BCUT2D eigenvalue weighted by molar-refractivity contribution is -0.385. The first-order valence-electron chi connectivity index (χ1n) is 6.72. The fourth-order valence-corrected chi connectivity index (χ4v) is 2.04. The topological polar surface area (TPSA) is 106 Å². The molecule has 8 nitrogen and oxygen atoms in total. The molecule has 23 heavy (non-hydrogen) atoms. The van der Waals surface area contributed by atoms with E-state index in [1.165, 1.54) is 18.3 Å². The second-order valence-corrected chi connectivity index (χ2v) is 6.19. The average Bonchev–Trinajstić information content (AvgIpc) is 2.45. The van der Waals surface area contributed by atoms with Crippen molar-refractivity contribution in [1.82, 2.24) is 14.9 Å². The Morgan fingerprint density at radius 1 is 1.39 bits per heavy atom. The molecular formula is C14H15N5O3S. The van der Waals surface area contributed by atoms with Crippen molar-refractivity contribution >= 4 is 24.1 Å². The summed E-state index contributed by atoms with van der Waals surface area (Å²) < 4.78 is 0.984. The molecule has 2 rings (SSSR count). The number of aromatic nitrogens is 3. The lowest BCUT2D eigenvalue weighted by Crippen LogP contribution is -2.32. The Morgan fingerprint density at radius 3 is 2.65 bits per heavy atom. The Balaban J connectivity index is 2.56. The maximum atomic E-state index is 12.4. The van der Waals surface area contributed by atoms with Crippen LogP contribution >= 0.6 is 12.2 Å². The van der Waals surface area contributed by atoms with Crippen molar-refractivity contribution in [2.45, 2.75) is 26.2 Å². The van der Waals surface area contributed by atoms with Gasteiger partial charge in [-0.05, 0) is 18.3 Å². The summed E-state index contributed by atoms with van der Waals surface area (Å²) in [4.78, 5) is 22.9. The Kier molecular flexibility index (Phi) is 4.50. The highest BCUT2D eigenvalue weighted by molar-refractivity contribution is 7.71. The third-order valence-corrected chi connectivity index (χ3v) is 3.27. The fraction of sp³-hybridized carbons (Fsp3) is 0.286. The fourth-order valence-electron chi connectivity index (χ4n) is 1.87. The number of hydrogen-bond acceptors (Lipinski definition) is 6. The molecule has 0 fully saturated rings. The van der Waals surface area contributed by atoms with E-state index in [-0.39, 0.29) is 21.7 Å². The van der Waals surface area contributed by atoms with Gasteiger partial charge in [-0.2, -0.15) is 14.9 Å². The largest absolute Gasteiger partial charge is 0.297 e. The van der Waals surface area contributed by atoms with E-state index in [0.29, 0.717) is 0 Å². The summed E-state index contributed by atoms with van der Waals surface area (Å²) in [7, 11) is 0. The van der Waals surface area contributed by atoms with Gasteiger partial charge in [0.25, 0.3) is 11.2 Å². The molecule has 0 unspecified atom stereocenters. The second kappa shape index (κ2) is 6.21. The van der Waals surface area contributed by atoms with Gasteiger partial charge in [0.2, 0.25) is 4.77 Å². The predicted octanol–water partition coefficient (Wildman–Crippen LogP) is 2.39. The number of nitro groups is 1. The highest BCUT2D eigenvalue weighted by Gasteiger charge is 2.21. The van der Waals surface area contributed by atoms with Crippen LogP contribution in [0.4, 0.5) is 5.69 Å². The molecule has 0 saturated carbocycles. The quantitative estimate of drug-likeness (QED) is 0.402. The molecule has 0 atom stereocenters. The number of para-hydroxylation sites is 1. The van der Waals surface area contributed by atoms with Crippen molar-refractivity contribution < 1.29 is 4.92 Å². The molecule has 0 saturated heterocycles. The van der Waals surface area contributed by atoms with E-state index in [4.69, 9.17) is 12.2 Å². The molecule has 0 bridgehead atoms. The molecule has 0 amide bonds. The van der Waals surface area contributed by atoms with Crippen molar-refractivity contribution in [2.24, 2.45) is 5.10 Å². The van der Waals surface area contributed by atoms with Crippen LogP contribution in [0.1, 0.15) is 32.0 Å². The summed E-state index contributed by atoms with van der Waals surface area (Å²) in [6.07, 6.45) is 1.23. The number of nitrogens with zero attached hydrogens (tertiary/aromatic N) is 4. The van der Waals surface area contributed by atoms with Crippen LogP contribution in [0.5, 0.6) is 0 Å². The number of nitrogens with one attached hydrogen (secondary N) is 1. The lowest BCUT2D eigenvalue weighted by atomic mass is 9.93. The molecule has 1 aromatic heterocycles. The van der Waals surface area contributed by atoms with Crippen molar-refractivity contribution in [3.05, 3.63) is 60.8 Å². The minimum absolute atomic E-state index is 0.0119. The SMILES string of the molecule is CC(C)(C)c1n[nH]c(=S)n(N=Cc2ccccc2[N+](=O)[O-])c1=O. The highest BCUT2D eigenvalue weighted by atomic mass is 32.1. The molecule has 2 aromatic rings. The van der Waals surface area contributed by atoms with Gasteiger partial charge in [0.05, 0.1) is 16.7 Å². The zero-order valence-corrected chi connectivity index (χ0v) is 13.6. The smallest absolute Gasteiger partial charge is 0.265 e. The summed E-state index contributed by atoms with van der Waals surface area (Å²) >= 11 is 5.02. The van der Waals surface area contributed by atoms with Crippen LogP contribution < -0.4 is 5.56 Å². The molecule has 1 heterocycles. The van der Waals surface area contributed by atoms with Crippen molar-refractivity contribution in [1.29, 1.82) is 0 Å². The molecular weight excluding hydrogens is 318 g/mol. The number of nitro benzene ring substituents is 1. The maximum absolute atomic E-state index is 12.4. The second-order valence-electron chi connectivity index (χ2n) is 5.80. The van der Waals surface area contributed by atoms with Crippen LogP contribution in [0.25, 0.3) is 0 Å². The summed E-state index contributed by atoms with van der Waals surface area (Å²) in [5.74, 6) is 0. The van der Waals surface area contributed by atoms with Gasteiger partial charge in [0.1, 0.15) is 5.69 Å². The minimum Gasteiger partial charge on any atom is -0.265 e. The molecule has 120 valence electrons. The van der Waals surface area contributed by atoms with Crippen LogP contribution in [0.2, 0.25) is 0 Å². The van der Waals surface area contributed by atoms with E-state index in [9.17, 15) is 14.9 Å².